The van der Waals surface area contributed by atoms with Crippen LogP contribution < -0.4 is 5.32 Å². The molecule has 0 radical (unpaired) electrons. The Labute approximate surface area is 129 Å². The molecule has 1 atom stereocenters. The Kier molecular flexibility index (Phi) is 3.38. The Morgan fingerprint density at radius 3 is 2.64 bits per heavy atom. The van der Waals surface area contributed by atoms with Gasteiger partial charge in [0.1, 0.15) is 0 Å². The van der Waals surface area contributed by atoms with Crippen molar-refractivity contribution in [1.82, 2.24) is 25.2 Å². The maximum Gasteiger partial charge on any atom is 0.273 e. The third-order valence-electron chi connectivity index (χ3n) is 4.72. The molecule has 22 heavy (non-hydrogen) atoms. The van der Waals surface area contributed by atoms with Crippen molar-refractivity contribution in [2.24, 2.45) is 5.92 Å². The number of aromatic nitrogens is 3. The summed E-state index contributed by atoms with van der Waals surface area (Å²) in [7, 11) is 0. The largest absolute Gasteiger partial charge is 0.346 e. The Morgan fingerprint density at radius 1 is 1.18 bits per heavy atom. The number of piperidine rings is 3. The van der Waals surface area contributed by atoms with Crippen molar-refractivity contribution >= 4 is 5.91 Å². The first-order valence-electron chi connectivity index (χ1n) is 7.80. The second-order valence-electron chi connectivity index (χ2n) is 6.10. The van der Waals surface area contributed by atoms with Crippen LogP contribution in [-0.4, -0.2) is 51.5 Å². The van der Waals surface area contributed by atoms with Gasteiger partial charge in [0.25, 0.3) is 5.91 Å². The van der Waals surface area contributed by atoms with Crippen LogP contribution in [0, 0.1) is 5.92 Å². The van der Waals surface area contributed by atoms with Gasteiger partial charge in [-0.3, -0.25) is 4.79 Å². The summed E-state index contributed by atoms with van der Waals surface area (Å²) in [5.41, 5.74) is 1.28. The molecule has 3 fully saturated rings. The van der Waals surface area contributed by atoms with Crippen molar-refractivity contribution < 1.29 is 4.79 Å². The summed E-state index contributed by atoms with van der Waals surface area (Å²) >= 11 is 0. The van der Waals surface area contributed by atoms with E-state index in [0.29, 0.717) is 11.6 Å². The summed E-state index contributed by atoms with van der Waals surface area (Å²) < 4.78 is 1.63. The molecule has 0 unspecified atom stereocenters. The van der Waals surface area contributed by atoms with Gasteiger partial charge in [-0.2, -0.15) is 0 Å². The predicted octanol–water partition coefficient (Wildman–Crippen LogP) is 1.09. The summed E-state index contributed by atoms with van der Waals surface area (Å²) in [6.45, 7) is 3.30. The molecule has 4 heterocycles. The number of fused-ring (bicyclic) bond motifs is 3. The standard InChI is InChI=1S/C16H19N5O/c22-16(17-14-10-20-8-6-12(14)7-9-20)15-11-21(19-18-15)13-4-2-1-3-5-13/h1-5,11-12,14H,6-10H2,(H,17,22)/t14-/m1/s1. The molecule has 2 bridgehead atoms. The highest BCUT2D eigenvalue weighted by atomic mass is 16.2. The van der Waals surface area contributed by atoms with Crippen LogP contribution in [0.5, 0.6) is 0 Å². The van der Waals surface area contributed by atoms with Gasteiger partial charge in [-0.05, 0) is 44.0 Å². The molecular formula is C16H19N5O. The minimum absolute atomic E-state index is 0.124. The van der Waals surface area contributed by atoms with Crippen molar-refractivity contribution in [3.8, 4) is 5.69 Å². The van der Waals surface area contributed by atoms with Gasteiger partial charge in [-0.15, -0.1) is 5.10 Å². The predicted molar refractivity (Wildman–Crippen MR) is 81.8 cm³/mol. The minimum atomic E-state index is -0.124. The number of nitrogens with one attached hydrogen (secondary N) is 1. The molecule has 0 saturated carbocycles. The number of amides is 1. The van der Waals surface area contributed by atoms with Gasteiger partial charge in [0.15, 0.2) is 5.69 Å². The smallest absolute Gasteiger partial charge is 0.273 e. The number of benzene rings is 1. The molecule has 0 aliphatic carbocycles. The average molecular weight is 297 g/mol. The quantitative estimate of drug-likeness (QED) is 0.921. The van der Waals surface area contributed by atoms with Crippen LogP contribution in [0.1, 0.15) is 23.3 Å². The minimum Gasteiger partial charge on any atom is -0.346 e. The highest BCUT2D eigenvalue weighted by Crippen LogP contribution is 2.27. The zero-order valence-electron chi connectivity index (χ0n) is 12.4. The molecule has 1 amide bonds. The van der Waals surface area contributed by atoms with E-state index in [0.717, 1.165) is 12.2 Å². The second-order valence-corrected chi connectivity index (χ2v) is 6.10. The molecular weight excluding hydrogens is 278 g/mol. The number of hydrogen-bond acceptors (Lipinski definition) is 4. The van der Waals surface area contributed by atoms with Crippen LogP contribution in [0.2, 0.25) is 0 Å². The first kappa shape index (κ1) is 13.5. The number of carbonyl (C=O) groups is 1. The number of rotatable bonds is 3. The van der Waals surface area contributed by atoms with E-state index in [2.05, 4.69) is 20.5 Å². The fourth-order valence-electron chi connectivity index (χ4n) is 3.45. The molecule has 1 aromatic heterocycles. The van der Waals surface area contributed by atoms with Gasteiger partial charge in [0.05, 0.1) is 11.9 Å². The zero-order valence-corrected chi connectivity index (χ0v) is 12.4. The van der Waals surface area contributed by atoms with Crippen LogP contribution in [0.4, 0.5) is 0 Å². The van der Waals surface area contributed by atoms with E-state index < -0.39 is 0 Å². The van der Waals surface area contributed by atoms with E-state index in [1.807, 2.05) is 30.3 Å². The summed E-state index contributed by atoms with van der Waals surface area (Å²) in [4.78, 5) is 14.8. The average Bonchev–Trinajstić information content (AvgIpc) is 3.07. The third kappa shape index (κ3) is 2.50. The van der Waals surface area contributed by atoms with Crippen LogP contribution in [-0.2, 0) is 0 Å². The topological polar surface area (TPSA) is 63.1 Å². The summed E-state index contributed by atoms with van der Waals surface area (Å²) in [5, 5.41) is 11.2. The van der Waals surface area contributed by atoms with Crippen LogP contribution in [0.15, 0.2) is 36.5 Å². The molecule has 3 aliphatic rings. The number of hydrogen-bond donors (Lipinski definition) is 1. The maximum atomic E-state index is 12.4. The maximum absolute atomic E-state index is 12.4. The monoisotopic (exact) mass is 297 g/mol. The molecule has 3 aliphatic heterocycles. The van der Waals surface area contributed by atoms with Gasteiger partial charge >= 0.3 is 0 Å². The van der Waals surface area contributed by atoms with Gasteiger partial charge in [0, 0.05) is 12.6 Å². The Balaban J connectivity index is 1.46. The summed E-state index contributed by atoms with van der Waals surface area (Å²) in [6.07, 6.45) is 4.05. The Hall–Kier alpha value is -2.21. The van der Waals surface area contributed by atoms with E-state index in [9.17, 15) is 4.79 Å². The van der Waals surface area contributed by atoms with Crippen LogP contribution in [0.3, 0.4) is 0 Å². The van der Waals surface area contributed by atoms with E-state index in [-0.39, 0.29) is 11.9 Å². The number of para-hydroxylation sites is 1. The first-order chi connectivity index (χ1) is 10.8. The lowest BCUT2D eigenvalue weighted by Crippen LogP contribution is -2.57. The van der Waals surface area contributed by atoms with Crippen molar-refractivity contribution in [3.63, 3.8) is 0 Å². The number of carbonyl (C=O) groups excluding carboxylic acids is 1. The molecule has 5 rings (SSSR count). The first-order valence-corrected chi connectivity index (χ1v) is 7.80. The van der Waals surface area contributed by atoms with Crippen molar-refractivity contribution in [1.29, 1.82) is 0 Å². The van der Waals surface area contributed by atoms with Gasteiger partial charge < -0.3 is 10.2 Å². The van der Waals surface area contributed by atoms with E-state index >= 15 is 0 Å². The normalized spacial score (nSPS) is 26.8. The SMILES string of the molecule is O=C(N[C@@H]1CN2CCC1CC2)c1cn(-c2ccccc2)nn1. The lowest BCUT2D eigenvalue weighted by molar-refractivity contribution is 0.0617. The second kappa shape index (κ2) is 5.53. The Bertz CT molecular complexity index is 660. The number of nitrogens with zero attached hydrogens (tertiary/aromatic N) is 4. The molecule has 114 valence electrons. The Morgan fingerprint density at radius 2 is 1.95 bits per heavy atom. The molecule has 1 aromatic carbocycles. The van der Waals surface area contributed by atoms with Gasteiger partial charge in [0.2, 0.25) is 0 Å². The summed E-state index contributed by atoms with van der Waals surface area (Å²) in [5.74, 6) is 0.485. The fourth-order valence-corrected chi connectivity index (χ4v) is 3.45. The molecule has 1 N–H and O–H groups in total. The molecule has 3 saturated heterocycles. The molecule has 6 heteroatoms. The third-order valence-corrected chi connectivity index (χ3v) is 4.72. The zero-order chi connectivity index (χ0) is 14.9. The highest BCUT2D eigenvalue weighted by Gasteiger charge is 2.35. The van der Waals surface area contributed by atoms with Crippen LogP contribution in [0.25, 0.3) is 5.69 Å². The molecule has 6 nitrogen and oxygen atoms in total. The fraction of sp³-hybridized carbons (Fsp3) is 0.438. The van der Waals surface area contributed by atoms with Gasteiger partial charge in [-0.25, -0.2) is 4.68 Å². The van der Waals surface area contributed by atoms with Gasteiger partial charge in [-0.1, -0.05) is 23.4 Å². The van der Waals surface area contributed by atoms with Crippen molar-refractivity contribution in [2.75, 3.05) is 19.6 Å². The molecule has 2 aromatic rings. The lowest BCUT2D eigenvalue weighted by atomic mass is 9.84. The van der Waals surface area contributed by atoms with Crippen molar-refractivity contribution in [2.45, 2.75) is 18.9 Å². The lowest BCUT2D eigenvalue weighted by Gasteiger charge is -2.44. The van der Waals surface area contributed by atoms with E-state index in [1.54, 1.807) is 10.9 Å². The summed E-state index contributed by atoms with van der Waals surface area (Å²) in [6, 6.07) is 9.93. The molecule has 0 spiro atoms. The van der Waals surface area contributed by atoms with E-state index in [1.165, 1.54) is 25.9 Å². The van der Waals surface area contributed by atoms with Crippen LogP contribution >= 0.6 is 0 Å². The van der Waals surface area contributed by atoms with Crippen molar-refractivity contribution in [3.05, 3.63) is 42.2 Å². The highest BCUT2D eigenvalue weighted by molar-refractivity contribution is 5.92. The van der Waals surface area contributed by atoms with E-state index in [4.69, 9.17) is 0 Å².